The van der Waals surface area contributed by atoms with Gasteiger partial charge in [-0.25, -0.2) is 0 Å². The fourth-order valence-electron chi connectivity index (χ4n) is 2.32. The largest absolute Gasteiger partial charge is 0.320 e. The van der Waals surface area contributed by atoms with Crippen molar-refractivity contribution in [2.45, 2.75) is 6.92 Å². The van der Waals surface area contributed by atoms with Crippen LogP contribution in [0.5, 0.6) is 0 Å². The smallest absolute Gasteiger partial charge is 0.256 e. The normalized spacial score (nSPS) is 15.3. The highest BCUT2D eigenvalue weighted by atomic mass is 79.9. The number of halogens is 2. The lowest BCUT2D eigenvalue weighted by atomic mass is 9.99. The summed E-state index contributed by atoms with van der Waals surface area (Å²) in [5, 5.41) is 2.93. The molecule has 0 aliphatic carbocycles. The summed E-state index contributed by atoms with van der Waals surface area (Å²) in [6, 6.07) is 11.8. The van der Waals surface area contributed by atoms with Crippen molar-refractivity contribution in [2.75, 3.05) is 5.32 Å². The highest BCUT2D eigenvalue weighted by Crippen LogP contribution is 2.43. The summed E-state index contributed by atoms with van der Waals surface area (Å²) in [4.78, 5) is 12.2. The second-order valence-electron chi connectivity index (χ2n) is 4.64. The fraction of sp³-hybridized carbons (Fsp3) is 0.0625. The Bertz CT molecular complexity index is 736. The van der Waals surface area contributed by atoms with Crippen LogP contribution in [-0.4, -0.2) is 5.91 Å². The predicted octanol–water partition coefficient (Wildman–Crippen LogP) is 5.01. The minimum absolute atomic E-state index is 0.0641. The first-order valence-electron chi connectivity index (χ1n) is 6.15. The van der Waals surface area contributed by atoms with Crippen LogP contribution in [0.3, 0.4) is 0 Å². The lowest BCUT2D eigenvalue weighted by Gasteiger charge is -2.08. The Morgan fingerprint density at radius 3 is 2.50 bits per heavy atom. The number of nitrogens with one attached hydrogen (secondary N) is 1. The average molecular weight is 393 g/mol. The molecule has 1 aliphatic rings. The Morgan fingerprint density at radius 1 is 1.10 bits per heavy atom. The highest BCUT2D eigenvalue weighted by molar-refractivity contribution is 9.11. The number of carbonyl (C=O) groups is 1. The maximum absolute atomic E-state index is 12.2. The van der Waals surface area contributed by atoms with E-state index >= 15 is 0 Å². The fourth-order valence-corrected chi connectivity index (χ4v) is 3.59. The van der Waals surface area contributed by atoms with Gasteiger partial charge in [0, 0.05) is 20.1 Å². The number of benzene rings is 2. The zero-order chi connectivity index (χ0) is 14.3. The van der Waals surface area contributed by atoms with E-state index in [0.29, 0.717) is 5.57 Å². The van der Waals surface area contributed by atoms with Crippen LogP contribution in [0.2, 0.25) is 0 Å². The van der Waals surface area contributed by atoms with E-state index < -0.39 is 0 Å². The Hall–Kier alpha value is -1.39. The molecule has 1 N–H and O–H groups in total. The summed E-state index contributed by atoms with van der Waals surface area (Å²) in [5.74, 6) is -0.0641. The molecule has 20 heavy (non-hydrogen) atoms. The zero-order valence-electron chi connectivity index (χ0n) is 10.7. The van der Waals surface area contributed by atoms with Crippen molar-refractivity contribution in [3.8, 4) is 0 Å². The minimum Gasteiger partial charge on any atom is -0.320 e. The molecule has 1 heterocycles. The van der Waals surface area contributed by atoms with Gasteiger partial charge >= 0.3 is 0 Å². The molecule has 3 rings (SSSR count). The summed E-state index contributed by atoms with van der Waals surface area (Å²) < 4.78 is 1.87. The monoisotopic (exact) mass is 391 g/mol. The lowest BCUT2D eigenvalue weighted by Crippen LogP contribution is -2.03. The topological polar surface area (TPSA) is 29.1 Å². The van der Waals surface area contributed by atoms with Crippen molar-refractivity contribution in [1.29, 1.82) is 0 Å². The van der Waals surface area contributed by atoms with E-state index in [4.69, 9.17) is 0 Å². The van der Waals surface area contributed by atoms with Gasteiger partial charge in [-0.3, -0.25) is 4.79 Å². The summed E-state index contributed by atoms with van der Waals surface area (Å²) >= 11 is 7.04. The number of fused-ring (bicyclic) bond motifs is 1. The van der Waals surface area contributed by atoms with Crippen LogP contribution >= 0.6 is 31.9 Å². The molecule has 0 aromatic heterocycles. The van der Waals surface area contributed by atoms with E-state index in [-0.39, 0.29) is 5.91 Å². The highest BCUT2D eigenvalue weighted by Gasteiger charge is 2.28. The van der Waals surface area contributed by atoms with Crippen molar-refractivity contribution in [1.82, 2.24) is 0 Å². The first kappa shape index (κ1) is 13.6. The van der Waals surface area contributed by atoms with E-state index in [1.807, 2.05) is 49.4 Å². The summed E-state index contributed by atoms with van der Waals surface area (Å²) in [6.45, 7) is 2.01. The summed E-state index contributed by atoms with van der Waals surface area (Å²) in [7, 11) is 0. The molecule has 0 bridgehead atoms. The van der Waals surface area contributed by atoms with Crippen molar-refractivity contribution in [2.24, 2.45) is 0 Å². The van der Waals surface area contributed by atoms with Crippen LogP contribution in [0, 0.1) is 6.92 Å². The first-order chi connectivity index (χ1) is 9.58. The standard InChI is InChI=1S/C16H11Br2NO/c1-9-12(17)8-13(18)15-14(9)11(16(20)19-15)7-10-5-3-2-4-6-10/h2-8H,1H3,(H,19,20). The Balaban J connectivity index is 2.22. The molecule has 0 atom stereocenters. The van der Waals surface area contributed by atoms with E-state index in [0.717, 1.165) is 31.3 Å². The van der Waals surface area contributed by atoms with Gasteiger partial charge in [0.15, 0.2) is 0 Å². The molecular formula is C16H11Br2NO. The van der Waals surface area contributed by atoms with E-state index in [2.05, 4.69) is 37.2 Å². The number of amides is 1. The molecule has 2 aromatic rings. The molecule has 0 spiro atoms. The Kier molecular flexibility index (Phi) is 3.52. The average Bonchev–Trinajstić information content (AvgIpc) is 2.76. The number of carbonyl (C=O) groups excluding carboxylic acids is 1. The van der Waals surface area contributed by atoms with Crippen molar-refractivity contribution in [3.05, 3.63) is 62.0 Å². The molecule has 4 heteroatoms. The zero-order valence-corrected chi connectivity index (χ0v) is 13.9. The van der Waals surface area contributed by atoms with Gasteiger partial charge in [0.05, 0.1) is 5.69 Å². The van der Waals surface area contributed by atoms with E-state index in [1.54, 1.807) is 0 Å². The second-order valence-corrected chi connectivity index (χ2v) is 6.35. The third-order valence-electron chi connectivity index (χ3n) is 3.34. The van der Waals surface area contributed by atoms with Crippen LogP contribution in [-0.2, 0) is 4.79 Å². The predicted molar refractivity (Wildman–Crippen MR) is 89.5 cm³/mol. The molecule has 1 amide bonds. The maximum atomic E-state index is 12.2. The number of rotatable bonds is 1. The van der Waals surface area contributed by atoms with Crippen molar-refractivity contribution >= 4 is 55.1 Å². The molecule has 0 saturated heterocycles. The summed E-state index contributed by atoms with van der Waals surface area (Å²) in [6.07, 6.45) is 1.92. The van der Waals surface area contributed by atoms with Gasteiger partial charge in [-0.2, -0.15) is 0 Å². The molecule has 0 radical (unpaired) electrons. The van der Waals surface area contributed by atoms with Crippen LogP contribution < -0.4 is 5.32 Å². The van der Waals surface area contributed by atoms with E-state index in [1.165, 1.54) is 0 Å². The number of hydrogen-bond acceptors (Lipinski definition) is 1. The number of anilines is 1. The van der Waals surface area contributed by atoms with Gasteiger partial charge in [0.1, 0.15) is 0 Å². The van der Waals surface area contributed by atoms with Crippen LogP contribution in [0.1, 0.15) is 16.7 Å². The Labute approximate surface area is 134 Å². The van der Waals surface area contributed by atoms with Crippen LogP contribution in [0.25, 0.3) is 11.6 Å². The van der Waals surface area contributed by atoms with E-state index in [9.17, 15) is 4.79 Å². The third kappa shape index (κ3) is 2.23. The molecule has 0 fully saturated rings. The molecule has 100 valence electrons. The van der Waals surface area contributed by atoms with Gasteiger partial charge < -0.3 is 5.32 Å². The second kappa shape index (κ2) is 5.19. The molecule has 2 aromatic carbocycles. The maximum Gasteiger partial charge on any atom is 0.256 e. The van der Waals surface area contributed by atoms with Crippen LogP contribution in [0.15, 0.2) is 45.3 Å². The third-order valence-corrected chi connectivity index (χ3v) is 4.79. The molecule has 0 unspecified atom stereocenters. The number of hydrogen-bond donors (Lipinski definition) is 1. The van der Waals surface area contributed by atoms with Gasteiger partial charge in [0.2, 0.25) is 0 Å². The van der Waals surface area contributed by atoms with Gasteiger partial charge in [-0.1, -0.05) is 46.3 Å². The molecular weight excluding hydrogens is 382 g/mol. The quantitative estimate of drug-likeness (QED) is 0.678. The first-order valence-corrected chi connectivity index (χ1v) is 7.73. The summed E-state index contributed by atoms with van der Waals surface area (Å²) in [5.41, 5.74) is 4.58. The van der Waals surface area contributed by atoms with Gasteiger partial charge in [-0.15, -0.1) is 0 Å². The molecule has 2 nitrogen and oxygen atoms in total. The van der Waals surface area contributed by atoms with Gasteiger partial charge in [-0.05, 0) is 46.1 Å². The lowest BCUT2D eigenvalue weighted by molar-refractivity contribution is -0.110. The molecule has 0 saturated carbocycles. The van der Waals surface area contributed by atoms with Crippen LogP contribution in [0.4, 0.5) is 5.69 Å². The minimum atomic E-state index is -0.0641. The van der Waals surface area contributed by atoms with Crippen molar-refractivity contribution in [3.63, 3.8) is 0 Å². The molecule has 1 aliphatic heterocycles. The van der Waals surface area contributed by atoms with Crippen molar-refractivity contribution < 1.29 is 4.79 Å². The van der Waals surface area contributed by atoms with Gasteiger partial charge in [0.25, 0.3) is 5.91 Å². The SMILES string of the molecule is Cc1c(Br)cc(Br)c2c1C(=Cc1ccccc1)C(=O)N2. The Morgan fingerprint density at radius 2 is 1.80 bits per heavy atom.